The van der Waals surface area contributed by atoms with Crippen LogP contribution in [0.25, 0.3) is 0 Å². The number of hydrogen-bond acceptors (Lipinski definition) is 2. The van der Waals surface area contributed by atoms with E-state index in [9.17, 15) is 0 Å². The SMILES string of the molecule is CN(C)[C@@H](CNC(=S)N[C@H]1C[C@@H]2CC[C@@H]1C2)c1ccccc1. The number of nitrogens with zero attached hydrogens (tertiary/aromatic N) is 1. The van der Waals surface area contributed by atoms with Crippen molar-refractivity contribution < 1.29 is 0 Å². The van der Waals surface area contributed by atoms with Gasteiger partial charge in [-0.1, -0.05) is 36.8 Å². The standard InChI is InChI=1S/C18H27N3S/c1-21(2)17(14-6-4-3-5-7-14)12-19-18(22)20-16-11-13-8-9-15(16)10-13/h3-7,13,15-17H,8-12H2,1-2H3,(H2,19,20,22)/t13-,15-,16+,17+/m1/s1. The summed E-state index contributed by atoms with van der Waals surface area (Å²) in [6.07, 6.45) is 5.53. The number of benzene rings is 1. The molecule has 3 nitrogen and oxygen atoms in total. The molecule has 0 heterocycles. The number of hydrogen-bond donors (Lipinski definition) is 2. The van der Waals surface area contributed by atoms with E-state index in [0.717, 1.165) is 23.5 Å². The molecule has 2 N–H and O–H groups in total. The summed E-state index contributed by atoms with van der Waals surface area (Å²) in [6, 6.07) is 11.5. The summed E-state index contributed by atoms with van der Waals surface area (Å²) in [4.78, 5) is 2.24. The Labute approximate surface area is 139 Å². The first-order valence-corrected chi connectivity index (χ1v) is 8.80. The fraction of sp³-hybridized carbons (Fsp3) is 0.611. The molecule has 2 aliphatic rings. The Bertz CT molecular complexity index is 502. The molecule has 1 aromatic rings. The lowest BCUT2D eigenvalue weighted by Gasteiger charge is -2.28. The van der Waals surface area contributed by atoms with E-state index in [-0.39, 0.29) is 0 Å². The van der Waals surface area contributed by atoms with Crippen LogP contribution in [0, 0.1) is 11.8 Å². The van der Waals surface area contributed by atoms with Gasteiger partial charge in [0, 0.05) is 12.6 Å². The van der Waals surface area contributed by atoms with E-state index in [4.69, 9.17) is 12.2 Å². The molecular formula is C18H27N3S. The molecule has 0 aromatic heterocycles. The molecule has 2 aliphatic carbocycles. The van der Waals surface area contributed by atoms with Gasteiger partial charge in [-0.05, 0) is 63.0 Å². The van der Waals surface area contributed by atoms with Crippen molar-refractivity contribution in [2.75, 3.05) is 20.6 Å². The summed E-state index contributed by atoms with van der Waals surface area (Å²) >= 11 is 5.52. The predicted octanol–water partition coefficient (Wildman–Crippen LogP) is 2.94. The summed E-state index contributed by atoms with van der Waals surface area (Å²) < 4.78 is 0. The Morgan fingerprint density at radius 2 is 2.00 bits per heavy atom. The summed E-state index contributed by atoms with van der Waals surface area (Å²) in [6.45, 7) is 0.837. The Morgan fingerprint density at radius 3 is 2.59 bits per heavy atom. The van der Waals surface area contributed by atoms with Crippen LogP contribution in [0.3, 0.4) is 0 Å². The molecule has 2 fully saturated rings. The molecular weight excluding hydrogens is 290 g/mol. The van der Waals surface area contributed by atoms with Crippen LogP contribution in [0.1, 0.15) is 37.3 Å². The lowest BCUT2D eigenvalue weighted by Crippen LogP contribution is -2.46. The minimum Gasteiger partial charge on any atom is -0.361 e. The minimum atomic E-state index is 0.334. The molecule has 22 heavy (non-hydrogen) atoms. The van der Waals surface area contributed by atoms with Gasteiger partial charge in [0.2, 0.25) is 0 Å². The highest BCUT2D eigenvalue weighted by Crippen LogP contribution is 2.44. The van der Waals surface area contributed by atoms with Gasteiger partial charge in [0.15, 0.2) is 5.11 Å². The molecule has 4 atom stereocenters. The highest BCUT2D eigenvalue weighted by molar-refractivity contribution is 7.80. The topological polar surface area (TPSA) is 27.3 Å². The third kappa shape index (κ3) is 3.61. The van der Waals surface area contributed by atoms with Crippen LogP contribution in [0.4, 0.5) is 0 Å². The second-order valence-corrected chi connectivity index (χ2v) is 7.43. The van der Waals surface area contributed by atoms with Gasteiger partial charge in [-0.2, -0.15) is 0 Å². The third-order valence-corrected chi connectivity index (χ3v) is 5.58. The zero-order valence-electron chi connectivity index (χ0n) is 13.6. The van der Waals surface area contributed by atoms with Gasteiger partial charge >= 0.3 is 0 Å². The highest BCUT2D eigenvalue weighted by Gasteiger charge is 2.39. The van der Waals surface area contributed by atoms with Gasteiger partial charge in [-0.15, -0.1) is 0 Å². The van der Waals surface area contributed by atoms with Crippen LogP contribution in [-0.4, -0.2) is 36.7 Å². The van der Waals surface area contributed by atoms with Crippen molar-refractivity contribution in [3.8, 4) is 0 Å². The molecule has 0 unspecified atom stereocenters. The van der Waals surface area contributed by atoms with Gasteiger partial charge in [0.25, 0.3) is 0 Å². The van der Waals surface area contributed by atoms with Crippen LogP contribution >= 0.6 is 12.2 Å². The van der Waals surface area contributed by atoms with Crippen LogP contribution < -0.4 is 10.6 Å². The number of likely N-dealkylation sites (N-methyl/N-ethyl adjacent to an activating group) is 1. The van der Waals surface area contributed by atoms with Crippen LogP contribution in [0.2, 0.25) is 0 Å². The lowest BCUT2D eigenvalue weighted by atomic mass is 9.95. The molecule has 120 valence electrons. The zero-order chi connectivity index (χ0) is 15.5. The molecule has 0 amide bonds. The number of rotatable bonds is 5. The fourth-order valence-electron chi connectivity index (χ4n) is 4.10. The molecule has 2 bridgehead atoms. The Morgan fingerprint density at radius 1 is 1.23 bits per heavy atom. The largest absolute Gasteiger partial charge is 0.361 e. The first kappa shape index (κ1) is 15.8. The number of thiocarbonyl (C=S) groups is 1. The van der Waals surface area contributed by atoms with E-state index in [1.165, 1.54) is 31.2 Å². The van der Waals surface area contributed by atoms with Crippen molar-refractivity contribution in [2.45, 2.75) is 37.8 Å². The average Bonchev–Trinajstić information content (AvgIpc) is 3.11. The maximum atomic E-state index is 5.52. The molecule has 0 saturated heterocycles. The molecule has 0 radical (unpaired) electrons. The third-order valence-electron chi connectivity index (χ3n) is 5.32. The van der Waals surface area contributed by atoms with E-state index >= 15 is 0 Å². The summed E-state index contributed by atoms with van der Waals surface area (Å²) in [5, 5.41) is 7.81. The van der Waals surface area contributed by atoms with Gasteiger partial charge in [0.05, 0.1) is 6.04 Å². The van der Waals surface area contributed by atoms with E-state index in [1.54, 1.807) is 0 Å². The van der Waals surface area contributed by atoms with E-state index < -0.39 is 0 Å². The van der Waals surface area contributed by atoms with Crippen molar-refractivity contribution in [1.29, 1.82) is 0 Å². The zero-order valence-corrected chi connectivity index (χ0v) is 14.4. The Kier molecular flexibility index (Phi) is 4.99. The lowest BCUT2D eigenvalue weighted by molar-refractivity contribution is 0.297. The molecule has 3 rings (SSSR count). The molecule has 0 aliphatic heterocycles. The highest BCUT2D eigenvalue weighted by atomic mass is 32.1. The molecule has 2 saturated carbocycles. The van der Waals surface area contributed by atoms with Crippen LogP contribution in [0.5, 0.6) is 0 Å². The Balaban J connectivity index is 1.50. The maximum absolute atomic E-state index is 5.52. The molecule has 4 heteroatoms. The van der Waals surface area contributed by atoms with Crippen LogP contribution in [-0.2, 0) is 0 Å². The van der Waals surface area contributed by atoms with Crippen molar-refractivity contribution in [3.63, 3.8) is 0 Å². The quantitative estimate of drug-likeness (QED) is 0.817. The minimum absolute atomic E-state index is 0.334. The van der Waals surface area contributed by atoms with Gasteiger partial charge in [0.1, 0.15) is 0 Å². The maximum Gasteiger partial charge on any atom is 0.166 e. The first-order chi connectivity index (χ1) is 10.6. The van der Waals surface area contributed by atoms with Gasteiger partial charge < -0.3 is 15.5 Å². The predicted molar refractivity (Wildman–Crippen MR) is 95.8 cm³/mol. The Hall–Kier alpha value is -1.13. The summed E-state index contributed by atoms with van der Waals surface area (Å²) in [5.74, 6) is 1.80. The number of fused-ring (bicyclic) bond motifs is 2. The van der Waals surface area contributed by atoms with Crippen molar-refractivity contribution in [2.24, 2.45) is 11.8 Å². The normalized spacial score (nSPS) is 27.9. The van der Waals surface area contributed by atoms with Gasteiger partial charge in [-0.25, -0.2) is 0 Å². The van der Waals surface area contributed by atoms with Gasteiger partial charge in [-0.3, -0.25) is 0 Å². The van der Waals surface area contributed by atoms with Crippen molar-refractivity contribution in [1.82, 2.24) is 15.5 Å². The van der Waals surface area contributed by atoms with E-state index in [1.807, 2.05) is 0 Å². The van der Waals surface area contributed by atoms with E-state index in [2.05, 4.69) is 60.0 Å². The second kappa shape index (κ2) is 6.97. The first-order valence-electron chi connectivity index (χ1n) is 8.39. The van der Waals surface area contributed by atoms with Crippen molar-refractivity contribution >= 4 is 17.3 Å². The average molecular weight is 318 g/mol. The second-order valence-electron chi connectivity index (χ2n) is 7.03. The summed E-state index contributed by atoms with van der Waals surface area (Å²) in [5.41, 5.74) is 1.32. The molecule has 0 spiro atoms. The van der Waals surface area contributed by atoms with E-state index in [0.29, 0.717) is 12.1 Å². The van der Waals surface area contributed by atoms with Crippen LogP contribution in [0.15, 0.2) is 30.3 Å². The number of nitrogens with one attached hydrogen (secondary N) is 2. The monoisotopic (exact) mass is 317 g/mol. The fourth-order valence-corrected chi connectivity index (χ4v) is 4.34. The molecule has 1 aromatic carbocycles. The smallest absolute Gasteiger partial charge is 0.166 e. The summed E-state index contributed by atoms with van der Waals surface area (Å²) in [7, 11) is 4.23. The van der Waals surface area contributed by atoms with Crippen molar-refractivity contribution in [3.05, 3.63) is 35.9 Å².